The van der Waals surface area contributed by atoms with E-state index < -0.39 is 0 Å². The zero-order valence-electron chi connectivity index (χ0n) is 18.2. The Kier molecular flexibility index (Phi) is 6.08. The number of nitrogens with zero attached hydrogens (tertiary/aromatic N) is 3. The number of para-hydroxylation sites is 2. The Balaban J connectivity index is 0.00000122. The number of nitrogens with one attached hydrogen (secondary N) is 2. The Morgan fingerprint density at radius 2 is 1.62 bits per heavy atom. The van der Waals surface area contributed by atoms with Crippen molar-refractivity contribution in [2.75, 3.05) is 20.6 Å². The molecule has 0 aliphatic carbocycles. The van der Waals surface area contributed by atoms with E-state index in [0.717, 1.165) is 30.5 Å². The van der Waals surface area contributed by atoms with Crippen LogP contribution < -0.4 is 0 Å². The second kappa shape index (κ2) is 8.66. The summed E-state index contributed by atoms with van der Waals surface area (Å²) in [5, 5.41) is 12.9. The van der Waals surface area contributed by atoms with Crippen molar-refractivity contribution >= 4 is 79.3 Å². The predicted octanol–water partition coefficient (Wildman–Crippen LogP) is 6.49. The molecule has 3 heterocycles. The molecule has 7 heteroatoms. The molecule has 0 aliphatic rings. The zero-order chi connectivity index (χ0) is 20.2. The molecule has 0 atom stereocenters. The van der Waals surface area contributed by atoms with Crippen molar-refractivity contribution in [2.24, 2.45) is 0 Å². The minimum Gasteiger partial charge on any atom is -0.339 e. The summed E-state index contributed by atoms with van der Waals surface area (Å²) in [4.78, 5) is 7.39. The van der Waals surface area contributed by atoms with Gasteiger partial charge in [0.05, 0.1) is 22.1 Å². The molecule has 6 rings (SSSR count). The third-order valence-electron chi connectivity index (χ3n) is 6.28. The van der Waals surface area contributed by atoms with E-state index in [1.165, 1.54) is 49.9 Å². The number of fused-ring (bicyclic) bond motifs is 10. The standard InChI is InChI=1S/C25H25N5.2ClH/c1-29(2)13-7-8-14-30-20-12-6-4-10-17(20)22-23-18(15-26-28-23)21-16-9-3-5-11-19(16)27-24(21)25(22)30;;/h3-6,9-12,15,26,28H,7-8,13-14H2,1-2H3;2*1H. The molecule has 0 fully saturated rings. The second-order valence-electron chi connectivity index (χ2n) is 8.46. The topological polar surface area (TPSA) is 52.6 Å². The van der Waals surface area contributed by atoms with Gasteiger partial charge in [-0.15, -0.1) is 24.8 Å². The van der Waals surface area contributed by atoms with Crippen LogP contribution in [0.2, 0.25) is 0 Å². The average molecular weight is 468 g/mol. The lowest BCUT2D eigenvalue weighted by Gasteiger charge is -2.11. The molecule has 3 aromatic carbocycles. The largest absolute Gasteiger partial charge is 0.339 e. The molecule has 2 N–H and O–H groups in total. The first-order valence-electron chi connectivity index (χ1n) is 10.7. The molecule has 0 spiro atoms. The maximum absolute atomic E-state index is 5.13. The maximum atomic E-state index is 5.13. The molecule has 0 radical (unpaired) electrons. The number of H-pyrrole nitrogens is 2. The van der Waals surface area contributed by atoms with Crippen molar-refractivity contribution in [1.29, 1.82) is 0 Å². The van der Waals surface area contributed by atoms with Crippen LogP contribution in [0, 0.1) is 0 Å². The van der Waals surface area contributed by atoms with Crippen LogP contribution in [0.15, 0.2) is 54.7 Å². The van der Waals surface area contributed by atoms with Gasteiger partial charge >= 0.3 is 0 Å². The summed E-state index contributed by atoms with van der Waals surface area (Å²) in [5.74, 6) is 0. The summed E-state index contributed by atoms with van der Waals surface area (Å²) in [5.41, 5.74) is 5.87. The number of benzene rings is 3. The van der Waals surface area contributed by atoms with Crippen LogP contribution in [0.4, 0.5) is 0 Å². The number of aromatic nitrogens is 4. The minimum absolute atomic E-state index is 0. The van der Waals surface area contributed by atoms with Gasteiger partial charge in [0.1, 0.15) is 0 Å². The van der Waals surface area contributed by atoms with Crippen molar-refractivity contribution < 1.29 is 0 Å². The Hall–Kier alpha value is -2.73. The summed E-state index contributed by atoms with van der Waals surface area (Å²) in [6.07, 6.45) is 4.40. The third kappa shape index (κ3) is 3.24. The molecule has 0 saturated carbocycles. The first-order chi connectivity index (χ1) is 14.7. The highest BCUT2D eigenvalue weighted by Crippen LogP contribution is 2.42. The van der Waals surface area contributed by atoms with Crippen LogP contribution in [0.5, 0.6) is 0 Å². The van der Waals surface area contributed by atoms with Crippen molar-refractivity contribution in [3.05, 3.63) is 54.7 Å². The number of aryl methyl sites for hydroxylation is 1. The first kappa shape index (κ1) is 22.5. The van der Waals surface area contributed by atoms with E-state index in [4.69, 9.17) is 4.98 Å². The van der Waals surface area contributed by atoms with E-state index in [9.17, 15) is 0 Å². The van der Waals surface area contributed by atoms with E-state index in [-0.39, 0.29) is 24.8 Å². The fourth-order valence-corrected chi connectivity index (χ4v) is 4.98. The average Bonchev–Trinajstić information content (AvgIpc) is 3.44. The van der Waals surface area contributed by atoms with Crippen LogP contribution in [-0.2, 0) is 6.54 Å². The van der Waals surface area contributed by atoms with E-state index >= 15 is 0 Å². The van der Waals surface area contributed by atoms with Gasteiger partial charge in [0.15, 0.2) is 0 Å². The van der Waals surface area contributed by atoms with E-state index in [1.807, 2.05) is 0 Å². The first-order valence-corrected chi connectivity index (χ1v) is 10.7. The number of hydrogen-bond donors (Lipinski definition) is 2. The van der Waals surface area contributed by atoms with Gasteiger partial charge in [0.25, 0.3) is 0 Å². The second-order valence-corrected chi connectivity index (χ2v) is 8.46. The molecular weight excluding hydrogens is 441 g/mol. The van der Waals surface area contributed by atoms with E-state index in [1.54, 1.807) is 0 Å². The monoisotopic (exact) mass is 467 g/mol. The van der Waals surface area contributed by atoms with Gasteiger partial charge in [-0.25, -0.2) is 4.98 Å². The van der Waals surface area contributed by atoms with Gasteiger partial charge in [-0.3, -0.25) is 0 Å². The van der Waals surface area contributed by atoms with E-state index in [0.29, 0.717) is 0 Å². The molecule has 0 saturated heterocycles. The summed E-state index contributed by atoms with van der Waals surface area (Å²) in [6, 6.07) is 17.2. The molecule has 166 valence electrons. The van der Waals surface area contributed by atoms with Gasteiger partial charge < -0.3 is 19.7 Å². The van der Waals surface area contributed by atoms with Gasteiger partial charge in [-0.05, 0) is 45.6 Å². The van der Waals surface area contributed by atoms with Crippen molar-refractivity contribution in [1.82, 2.24) is 24.6 Å². The van der Waals surface area contributed by atoms with Crippen LogP contribution in [-0.4, -0.2) is 45.3 Å². The number of unbranched alkanes of at least 4 members (excludes halogenated alkanes) is 1. The summed E-state index contributed by atoms with van der Waals surface area (Å²) >= 11 is 0. The van der Waals surface area contributed by atoms with Crippen LogP contribution in [0.1, 0.15) is 12.8 Å². The zero-order valence-corrected chi connectivity index (χ0v) is 19.8. The van der Waals surface area contributed by atoms with Crippen LogP contribution >= 0.6 is 24.8 Å². The number of hydrogen-bond acceptors (Lipinski definition) is 2. The fourth-order valence-electron chi connectivity index (χ4n) is 4.98. The molecule has 0 amide bonds. The minimum atomic E-state index is 0. The Morgan fingerprint density at radius 3 is 2.44 bits per heavy atom. The lowest BCUT2D eigenvalue weighted by atomic mass is 10.0. The van der Waals surface area contributed by atoms with Crippen molar-refractivity contribution in [2.45, 2.75) is 19.4 Å². The van der Waals surface area contributed by atoms with E-state index in [2.05, 4.69) is 88.5 Å². The lowest BCUT2D eigenvalue weighted by Crippen LogP contribution is -2.13. The van der Waals surface area contributed by atoms with Gasteiger partial charge in [-0.1, -0.05) is 36.4 Å². The highest BCUT2D eigenvalue weighted by Gasteiger charge is 2.21. The molecular formula is C25H27Cl2N5. The number of halogens is 2. The van der Waals surface area contributed by atoms with Gasteiger partial charge in [0, 0.05) is 45.2 Å². The Labute approximate surface area is 198 Å². The normalized spacial score (nSPS) is 11.7. The Morgan fingerprint density at radius 1 is 0.875 bits per heavy atom. The fraction of sp³-hybridized carbons (Fsp3) is 0.240. The maximum Gasteiger partial charge on any atom is 0.0967 e. The summed E-state index contributed by atoms with van der Waals surface area (Å²) in [6.45, 7) is 2.10. The molecule has 6 aromatic rings. The SMILES string of the molecule is CN(C)CCCCn1c2ccccc2c2c3[nH][nH]cc3c3c4ccccc4nc3c21.Cl.Cl. The smallest absolute Gasteiger partial charge is 0.0967 e. The molecule has 0 bridgehead atoms. The molecule has 5 nitrogen and oxygen atoms in total. The molecule has 0 unspecified atom stereocenters. The van der Waals surface area contributed by atoms with Crippen LogP contribution in [0.3, 0.4) is 0 Å². The highest BCUT2D eigenvalue weighted by molar-refractivity contribution is 6.34. The lowest BCUT2D eigenvalue weighted by molar-refractivity contribution is 0.389. The molecule has 32 heavy (non-hydrogen) atoms. The predicted molar refractivity (Wildman–Crippen MR) is 141 cm³/mol. The third-order valence-corrected chi connectivity index (χ3v) is 6.28. The summed E-state index contributed by atoms with van der Waals surface area (Å²) in [7, 11) is 4.28. The number of aromatic amines is 2. The number of rotatable bonds is 5. The molecule has 3 aromatic heterocycles. The van der Waals surface area contributed by atoms with Crippen LogP contribution in [0.25, 0.3) is 54.5 Å². The molecule has 0 aliphatic heterocycles. The van der Waals surface area contributed by atoms with Crippen molar-refractivity contribution in [3.63, 3.8) is 0 Å². The summed E-state index contributed by atoms with van der Waals surface area (Å²) < 4.78 is 2.49. The van der Waals surface area contributed by atoms with Gasteiger partial charge in [-0.2, -0.15) is 0 Å². The van der Waals surface area contributed by atoms with Gasteiger partial charge in [0.2, 0.25) is 0 Å². The van der Waals surface area contributed by atoms with Crippen molar-refractivity contribution in [3.8, 4) is 0 Å². The highest BCUT2D eigenvalue weighted by atomic mass is 35.5. The Bertz CT molecular complexity index is 1540. The quantitative estimate of drug-likeness (QED) is 0.284.